The number of carbonyl (C=O) groups is 1. The van der Waals surface area contributed by atoms with Gasteiger partial charge in [0.15, 0.2) is 5.96 Å². The van der Waals surface area contributed by atoms with E-state index in [0.29, 0.717) is 12.0 Å². The van der Waals surface area contributed by atoms with Crippen LogP contribution in [0.4, 0.5) is 0 Å². The number of nitrogens with one attached hydrogen (secondary N) is 2. The van der Waals surface area contributed by atoms with Gasteiger partial charge >= 0.3 is 0 Å². The molecule has 2 heterocycles. The molecule has 1 saturated carbocycles. The fourth-order valence-electron chi connectivity index (χ4n) is 2.06. The van der Waals surface area contributed by atoms with Crippen molar-refractivity contribution < 1.29 is 4.79 Å². The second-order valence-electron chi connectivity index (χ2n) is 4.53. The highest BCUT2D eigenvalue weighted by Gasteiger charge is 2.46. The van der Waals surface area contributed by atoms with E-state index in [-0.39, 0.29) is 11.4 Å². The van der Waals surface area contributed by atoms with E-state index in [1.807, 2.05) is 11.8 Å². The van der Waals surface area contributed by atoms with Gasteiger partial charge in [-0.2, -0.15) is 11.8 Å². The molecule has 2 saturated heterocycles. The first-order valence-electron chi connectivity index (χ1n) is 5.54. The third kappa shape index (κ3) is 1.73. The summed E-state index contributed by atoms with van der Waals surface area (Å²) in [6, 6.07) is 0.458. The van der Waals surface area contributed by atoms with Crippen LogP contribution in [0.15, 0.2) is 4.99 Å². The predicted octanol–water partition coefficient (Wildman–Crippen LogP) is 0.490. The molecule has 0 aromatic heterocycles. The maximum absolute atomic E-state index is 11.9. The summed E-state index contributed by atoms with van der Waals surface area (Å²) in [7, 11) is 0. The predicted molar refractivity (Wildman–Crippen MR) is 61.0 cm³/mol. The fraction of sp³-hybridized carbons (Fsp3) is 0.800. The smallest absolute Gasteiger partial charge is 0.253 e. The largest absolute Gasteiger partial charge is 0.341 e. The molecule has 0 aromatic rings. The lowest BCUT2D eigenvalue weighted by atomic mass is 9.96. The molecule has 1 unspecified atom stereocenters. The van der Waals surface area contributed by atoms with Crippen molar-refractivity contribution in [1.29, 1.82) is 0 Å². The first-order chi connectivity index (χ1) is 7.28. The zero-order valence-electron chi connectivity index (χ0n) is 8.58. The molecule has 4 nitrogen and oxygen atoms in total. The zero-order chi connectivity index (χ0) is 10.3. The molecule has 0 bridgehead atoms. The summed E-state index contributed by atoms with van der Waals surface area (Å²) in [5.41, 5.74) is -0.351. The van der Waals surface area contributed by atoms with Crippen molar-refractivity contribution in [3.05, 3.63) is 0 Å². The van der Waals surface area contributed by atoms with Crippen LogP contribution >= 0.6 is 11.8 Å². The van der Waals surface area contributed by atoms with Gasteiger partial charge < -0.3 is 5.32 Å². The van der Waals surface area contributed by atoms with Crippen molar-refractivity contribution >= 4 is 23.6 Å². The Hall–Kier alpha value is -0.710. The molecule has 3 fully saturated rings. The van der Waals surface area contributed by atoms with E-state index in [1.54, 1.807) is 0 Å². The lowest BCUT2D eigenvalue weighted by Crippen LogP contribution is -2.51. The topological polar surface area (TPSA) is 53.5 Å². The number of amides is 1. The van der Waals surface area contributed by atoms with E-state index >= 15 is 0 Å². The van der Waals surface area contributed by atoms with Gasteiger partial charge in [-0.25, -0.2) is 4.99 Å². The summed E-state index contributed by atoms with van der Waals surface area (Å²) >= 11 is 1.85. The highest BCUT2D eigenvalue weighted by molar-refractivity contribution is 7.99. The van der Waals surface area contributed by atoms with Gasteiger partial charge in [0.05, 0.1) is 6.04 Å². The first kappa shape index (κ1) is 9.51. The first-order valence-corrected chi connectivity index (χ1v) is 6.69. The minimum atomic E-state index is -0.351. The van der Waals surface area contributed by atoms with Crippen LogP contribution in [-0.4, -0.2) is 35.0 Å². The van der Waals surface area contributed by atoms with Crippen LogP contribution < -0.4 is 10.6 Å². The Morgan fingerprint density at radius 3 is 3.00 bits per heavy atom. The minimum Gasteiger partial charge on any atom is -0.341 e. The molecule has 0 radical (unpaired) electrons. The number of aliphatic imine (C=N–C) groups is 1. The molecule has 5 heteroatoms. The maximum Gasteiger partial charge on any atom is 0.253 e. The van der Waals surface area contributed by atoms with E-state index in [1.165, 1.54) is 18.6 Å². The van der Waals surface area contributed by atoms with Crippen LogP contribution in [0.5, 0.6) is 0 Å². The lowest BCUT2D eigenvalue weighted by Gasteiger charge is -2.29. The van der Waals surface area contributed by atoms with Crippen molar-refractivity contribution in [2.24, 2.45) is 4.99 Å². The Balaban J connectivity index is 1.76. The van der Waals surface area contributed by atoms with E-state index < -0.39 is 0 Å². The monoisotopic (exact) mass is 225 g/mol. The second kappa shape index (κ2) is 3.40. The molecule has 2 aliphatic heterocycles. The summed E-state index contributed by atoms with van der Waals surface area (Å²) in [4.78, 5) is 16.3. The number of guanidine groups is 1. The Morgan fingerprint density at radius 2 is 2.33 bits per heavy atom. The average Bonchev–Trinajstić information content (AvgIpc) is 2.98. The van der Waals surface area contributed by atoms with Crippen LogP contribution in [0.2, 0.25) is 0 Å². The third-order valence-corrected chi connectivity index (χ3v) is 4.40. The molecule has 1 amide bonds. The number of nitrogens with zero attached hydrogens (tertiary/aromatic N) is 1. The van der Waals surface area contributed by atoms with E-state index in [2.05, 4.69) is 15.6 Å². The summed E-state index contributed by atoms with van der Waals surface area (Å²) in [5, 5.41) is 6.17. The fourth-order valence-corrected chi connectivity index (χ4v) is 3.25. The summed E-state index contributed by atoms with van der Waals surface area (Å²) in [6.07, 6.45) is 4.39. The molecule has 3 rings (SSSR count). The van der Waals surface area contributed by atoms with E-state index in [0.717, 1.165) is 18.6 Å². The van der Waals surface area contributed by atoms with Crippen LogP contribution in [0.25, 0.3) is 0 Å². The number of hydrogen-bond acceptors (Lipinski definition) is 3. The highest BCUT2D eigenvalue weighted by atomic mass is 32.2. The van der Waals surface area contributed by atoms with Gasteiger partial charge in [0.1, 0.15) is 5.54 Å². The van der Waals surface area contributed by atoms with Gasteiger partial charge in [-0.3, -0.25) is 10.1 Å². The molecule has 15 heavy (non-hydrogen) atoms. The van der Waals surface area contributed by atoms with Gasteiger partial charge in [0.2, 0.25) is 0 Å². The van der Waals surface area contributed by atoms with Crippen molar-refractivity contribution in [1.82, 2.24) is 10.6 Å². The van der Waals surface area contributed by atoms with Crippen LogP contribution in [-0.2, 0) is 4.79 Å². The summed E-state index contributed by atoms with van der Waals surface area (Å²) in [5.74, 6) is 2.88. The summed E-state index contributed by atoms with van der Waals surface area (Å²) < 4.78 is 0. The quantitative estimate of drug-likeness (QED) is 0.683. The van der Waals surface area contributed by atoms with Gasteiger partial charge in [-0.1, -0.05) is 0 Å². The summed E-state index contributed by atoms with van der Waals surface area (Å²) in [6.45, 7) is 0. The van der Waals surface area contributed by atoms with Crippen molar-refractivity contribution in [2.75, 3.05) is 11.5 Å². The SMILES string of the molecule is O=C1NC(=NC2CC2)NC12CCCSC2. The van der Waals surface area contributed by atoms with Crippen LogP contribution in [0, 0.1) is 0 Å². The number of rotatable bonds is 1. The van der Waals surface area contributed by atoms with E-state index in [9.17, 15) is 4.79 Å². The standard InChI is InChI=1S/C10H15N3OS/c14-8-10(4-1-5-15-6-10)13-9(12-8)11-7-2-3-7/h7H,1-6H2,(H2,11,12,13,14). The zero-order valence-corrected chi connectivity index (χ0v) is 9.40. The number of hydrogen-bond donors (Lipinski definition) is 2. The van der Waals surface area contributed by atoms with Gasteiger partial charge in [0, 0.05) is 5.75 Å². The number of thioether (sulfide) groups is 1. The molecule has 1 spiro atoms. The minimum absolute atomic E-state index is 0.120. The van der Waals surface area contributed by atoms with Crippen molar-refractivity contribution in [2.45, 2.75) is 37.3 Å². The van der Waals surface area contributed by atoms with Crippen LogP contribution in [0.1, 0.15) is 25.7 Å². The Bertz CT molecular complexity index is 319. The lowest BCUT2D eigenvalue weighted by molar-refractivity contribution is -0.123. The molecular weight excluding hydrogens is 210 g/mol. The Kier molecular flexibility index (Phi) is 2.16. The maximum atomic E-state index is 11.9. The molecule has 1 atom stereocenters. The second-order valence-corrected chi connectivity index (χ2v) is 5.63. The molecule has 0 aromatic carbocycles. The van der Waals surface area contributed by atoms with E-state index in [4.69, 9.17) is 0 Å². The molecule has 2 N–H and O–H groups in total. The number of carbonyl (C=O) groups excluding carboxylic acids is 1. The molecule has 1 aliphatic carbocycles. The molecule has 3 aliphatic rings. The highest BCUT2D eigenvalue weighted by Crippen LogP contribution is 2.30. The Morgan fingerprint density at radius 1 is 1.47 bits per heavy atom. The average molecular weight is 225 g/mol. The van der Waals surface area contributed by atoms with Gasteiger partial charge in [0.25, 0.3) is 5.91 Å². The van der Waals surface area contributed by atoms with Gasteiger partial charge in [-0.05, 0) is 31.4 Å². The van der Waals surface area contributed by atoms with Crippen LogP contribution in [0.3, 0.4) is 0 Å². The van der Waals surface area contributed by atoms with Gasteiger partial charge in [-0.15, -0.1) is 0 Å². The normalized spacial score (nSPS) is 38.1. The Labute approximate surface area is 93.3 Å². The van der Waals surface area contributed by atoms with Crippen molar-refractivity contribution in [3.63, 3.8) is 0 Å². The third-order valence-electron chi connectivity index (χ3n) is 3.12. The molecule has 82 valence electrons. The van der Waals surface area contributed by atoms with Crippen molar-refractivity contribution in [3.8, 4) is 0 Å². The molecular formula is C10H15N3OS.